The lowest BCUT2D eigenvalue weighted by molar-refractivity contribution is 0.00558. The Morgan fingerprint density at radius 1 is 0.567 bits per heavy atom. The van der Waals surface area contributed by atoms with E-state index >= 15 is 0 Å². The number of rotatable bonds is 2. The fraction of sp³-hybridized carbons (Fsp3) is 0.250. The summed E-state index contributed by atoms with van der Waals surface area (Å²) >= 11 is 0. The molecular formula is C24H24O4P2. The zero-order valence-electron chi connectivity index (χ0n) is 16.8. The van der Waals surface area contributed by atoms with Gasteiger partial charge in [-0.3, -0.25) is 0 Å². The van der Waals surface area contributed by atoms with Crippen LogP contribution in [0.1, 0.15) is 37.2 Å². The Labute approximate surface area is 178 Å². The molecule has 4 N–H and O–H groups in total. The van der Waals surface area contributed by atoms with Gasteiger partial charge in [0.1, 0.15) is 22.9 Å². The summed E-state index contributed by atoms with van der Waals surface area (Å²) in [4.78, 5) is 0. The maximum atomic E-state index is 11.4. The molecule has 5 rings (SSSR count). The molecule has 0 spiro atoms. The van der Waals surface area contributed by atoms with E-state index in [1.807, 2.05) is 72.8 Å². The van der Waals surface area contributed by atoms with E-state index in [2.05, 4.69) is 0 Å². The van der Waals surface area contributed by atoms with Crippen LogP contribution in [0.3, 0.4) is 0 Å². The van der Waals surface area contributed by atoms with Crippen LogP contribution in [0.2, 0.25) is 0 Å². The summed E-state index contributed by atoms with van der Waals surface area (Å²) in [7, 11) is -2.58. The SMILES string of the molecule is CC1(O)C(O)c2ccccc2P1c1ccccc1P1c2ccccc2C(O)C1(C)O. The van der Waals surface area contributed by atoms with E-state index in [4.69, 9.17) is 0 Å². The molecule has 0 saturated carbocycles. The summed E-state index contributed by atoms with van der Waals surface area (Å²) in [5.41, 5.74) is 1.52. The van der Waals surface area contributed by atoms with Crippen molar-refractivity contribution in [2.24, 2.45) is 0 Å². The highest BCUT2D eigenvalue weighted by Crippen LogP contribution is 2.62. The highest BCUT2D eigenvalue weighted by molar-refractivity contribution is 7.80. The minimum atomic E-state index is -1.33. The molecule has 0 saturated heterocycles. The van der Waals surface area contributed by atoms with Crippen molar-refractivity contribution in [2.75, 3.05) is 0 Å². The van der Waals surface area contributed by atoms with Gasteiger partial charge in [0.2, 0.25) is 0 Å². The molecule has 0 aromatic heterocycles. The van der Waals surface area contributed by atoms with Crippen molar-refractivity contribution in [3.05, 3.63) is 83.9 Å². The van der Waals surface area contributed by atoms with E-state index in [9.17, 15) is 20.4 Å². The van der Waals surface area contributed by atoms with Crippen LogP contribution in [-0.2, 0) is 0 Å². The van der Waals surface area contributed by atoms with Crippen LogP contribution in [-0.4, -0.2) is 31.1 Å². The normalized spacial score (nSPS) is 34.6. The first-order valence-electron chi connectivity index (χ1n) is 9.94. The van der Waals surface area contributed by atoms with Crippen molar-refractivity contribution in [3.63, 3.8) is 0 Å². The summed E-state index contributed by atoms with van der Waals surface area (Å²) in [6.45, 7) is 3.39. The van der Waals surface area contributed by atoms with Gasteiger partial charge >= 0.3 is 0 Å². The lowest BCUT2D eigenvalue weighted by Gasteiger charge is -2.35. The molecule has 6 atom stereocenters. The topological polar surface area (TPSA) is 80.9 Å². The van der Waals surface area contributed by atoms with E-state index in [1.54, 1.807) is 13.8 Å². The summed E-state index contributed by atoms with van der Waals surface area (Å²) in [6.07, 6.45) is -1.94. The van der Waals surface area contributed by atoms with Gasteiger partial charge in [-0.15, -0.1) is 0 Å². The number of aliphatic hydroxyl groups is 4. The van der Waals surface area contributed by atoms with Crippen molar-refractivity contribution < 1.29 is 20.4 Å². The number of benzene rings is 3. The third-order valence-corrected chi connectivity index (χ3v) is 12.2. The van der Waals surface area contributed by atoms with Crippen LogP contribution in [0.5, 0.6) is 0 Å². The molecule has 6 unspecified atom stereocenters. The second-order valence-corrected chi connectivity index (χ2v) is 13.4. The summed E-state index contributed by atoms with van der Waals surface area (Å²) in [5.74, 6) is 0. The number of aliphatic hydroxyl groups excluding tert-OH is 2. The van der Waals surface area contributed by atoms with Gasteiger partial charge in [-0.2, -0.15) is 0 Å². The Morgan fingerprint density at radius 2 is 0.867 bits per heavy atom. The predicted octanol–water partition coefficient (Wildman–Crippen LogP) is 2.06. The third-order valence-electron chi connectivity index (χ3n) is 6.25. The van der Waals surface area contributed by atoms with E-state index in [1.165, 1.54) is 0 Å². The van der Waals surface area contributed by atoms with Crippen LogP contribution in [0.4, 0.5) is 0 Å². The number of hydrogen-bond acceptors (Lipinski definition) is 4. The van der Waals surface area contributed by atoms with E-state index in [-0.39, 0.29) is 0 Å². The monoisotopic (exact) mass is 438 g/mol. The summed E-state index contributed by atoms with van der Waals surface area (Å²) in [6, 6.07) is 23.2. The van der Waals surface area contributed by atoms with Crippen LogP contribution >= 0.6 is 15.8 Å². The Morgan fingerprint density at radius 3 is 1.23 bits per heavy atom. The molecule has 0 bridgehead atoms. The van der Waals surface area contributed by atoms with E-state index < -0.39 is 38.7 Å². The molecule has 0 amide bonds. The Balaban J connectivity index is 1.74. The standard InChI is InChI=1S/C24H24O4P2/c1-23(27)21(25)15-9-3-5-11-17(15)29(23)19-13-7-8-14-20(19)30-18-12-6-4-10-16(18)22(26)24(30,2)28/h3-14,21-22,25-28H,1-2H3. The van der Waals surface area contributed by atoms with Crippen molar-refractivity contribution in [3.8, 4) is 0 Å². The molecule has 4 nitrogen and oxygen atoms in total. The quantitative estimate of drug-likeness (QED) is 0.462. The maximum Gasteiger partial charge on any atom is 0.119 e. The molecule has 3 aromatic rings. The molecule has 0 radical (unpaired) electrons. The van der Waals surface area contributed by atoms with Gasteiger partial charge in [-0.1, -0.05) is 72.8 Å². The van der Waals surface area contributed by atoms with Gasteiger partial charge in [0.05, 0.1) is 0 Å². The third kappa shape index (κ3) is 2.69. The van der Waals surface area contributed by atoms with Crippen LogP contribution in [0.15, 0.2) is 72.8 Å². The average Bonchev–Trinajstić information content (AvgIpc) is 3.06. The van der Waals surface area contributed by atoms with Crippen molar-refractivity contribution in [1.82, 2.24) is 0 Å². The minimum Gasteiger partial charge on any atom is -0.385 e. The summed E-state index contributed by atoms with van der Waals surface area (Å²) in [5, 5.41) is 45.7. The van der Waals surface area contributed by atoms with Gasteiger partial charge in [0.25, 0.3) is 0 Å². The molecule has 3 aromatic carbocycles. The number of fused-ring (bicyclic) bond motifs is 2. The van der Waals surface area contributed by atoms with Crippen LogP contribution in [0.25, 0.3) is 0 Å². The molecule has 30 heavy (non-hydrogen) atoms. The molecule has 0 aliphatic carbocycles. The van der Waals surface area contributed by atoms with Gasteiger partial charge in [-0.25, -0.2) is 0 Å². The van der Waals surface area contributed by atoms with E-state index in [0.29, 0.717) is 0 Å². The highest BCUT2D eigenvalue weighted by Gasteiger charge is 2.53. The molecule has 2 heterocycles. The van der Waals surface area contributed by atoms with Gasteiger partial charge in [0, 0.05) is 0 Å². The van der Waals surface area contributed by atoms with Crippen molar-refractivity contribution in [2.45, 2.75) is 36.7 Å². The lowest BCUT2D eigenvalue weighted by atomic mass is 10.1. The first kappa shape index (κ1) is 20.3. The van der Waals surface area contributed by atoms with Crippen LogP contribution in [0, 0.1) is 0 Å². The predicted molar refractivity (Wildman–Crippen MR) is 123 cm³/mol. The largest absolute Gasteiger partial charge is 0.385 e. The molecule has 2 aliphatic heterocycles. The van der Waals surface area contributed by atoms with Gasteiger partial charge in [-0.05, 0) is 62.0 Å². The van der Waals surface area contributed by atoms with Gasteiger partial charge in [0.15, 0.2) is 0 Å². The van der Waals surface area contributed by atoms with Crippen molar-refractivity contribution in [1.29, 1.82) is 0 Å². The molecule has 154 valence electrons. The second-order valence-electron chi connectivity index (χ2n) is 8.27. The Kier molecular flexibility index (Phi) is 4.69. The first-order valence-corrected chi connectivity index (χ1v) is 12.6. The van der Waals surface area contributed by atoms with Gasteiger partial charge < -0.3 is 20.4 Å². The van der Waals surface area contributed by atoms with Crippen LogP contribution < -0.4 is 21.2 Å². The summed E-state index contributed by atoms with van der Waals surface area (Å²) < 4.78 is 0. The highest BCUT2D eigenvalue weighted by atomic mass is 31.1. The first-order chi connectivity index (χ1) is 14.3. The maximum absolute atomic E-state index is 11.4. The minimum absolute atomic E-state index is 0.759. The Bertz CT molecular complexity index is 1040. The smallest absolute Gasteiger partial charge is 0.119 e. The Hall–Kier alpha value is -1.64. The average molecular weight is 438 g/mol. The lowest BCUT2D eigenvalue weighted by Crippen LogP contribution is -2.39. The van der Waals surface area contributed by atoms with E-state index in [0.717, 1.165) is 32.3 Å². The molecule has 0 fully saturated rings. The fourth-order valence-corrected chi connectivity index (χ4v) is 11.1. The fourth-order valence-electron chi connectivity index (χ4n) is 4.76. The zero-order chi connectivity index (χ0) is 21.3. The van der Waals surface area contributed by atoms with Crippen molar-refractivity contribution >= 4 is 37.1 Å². The molecular weight excluding hydrogens is 414 g/mol. The molecule has 6 heteroatoms. The zero-order valence-corrected chi connectivity index (χ0v) is 18.6. The second kappa shape index (κ2) is 6.93. The number of hydrogen-bond donors (Lipinski definition) is 4. The molecule has 2 aliphatic rings.